The SMILES string of the molecule is CN(C(=O)c1c(F)cccc1F)C1CCNC1. The molecule has 5 heteroatoms. The highest BCUT2D eigenvalue weighted by Crippen LogP contribution is 2.17. The van der Waals surface area contributed by atoms with Gasteiger partial charge in [-0.3, -0.25) is 4.79 Å². The Morgan fingerprint density at radius 3 is 2.59 bits per heavy atom. The molecular formula is C12H14F2N2O. The van der Waals surface area contributed by atoms with Crippen LogP contribution in [0.2, 0.25) is 0 Å². The number of benzene rings is 1. The van der Waals surface area contributed by atoms with Crippen LogP contribution in [0.4, 0.5) is 8.78 Å². The van der Waals surface area contributed by atoms with Crippen LogP contribution >= 0.6 is 0 Å². The Morgan fingerprint density at radius 1 is 1.41 bits per heavy atom. The van der Waals surface area contributed by atoms with Crippen LogP contribution < -0.4 is 5.32 Å². The van der Waals surface area contributed by atoms with E-state index in [1.165, 1.54) is 11.0 Å². The molecule has 17 heavy (non-hydrogen) atoms. The predicted molar refractivity (Wildman–Crippen MR) is 59.7 cm³/mol. The number of halogens is 2. The minimum atomic E-state index is -0.812. The molecule has 3 nitrogen and oxygen atoms in total. The van der Waals surface area contributed by atoms with Crippen molar-refractivity contribution in [2.75, 3.05) is 20.1 Å². The number of carbonyl (C=O) groups excluding carboxylic acids is 1. The number of nitrogens with zero attached hydrogens (tertiary/aromatic N) is 1. The number of rotatable bonds is 2. The van der Waals surface area contributed by atoms with Gasteiger partial charge in [0.05, 0.1) is 0 Å². The summed E-state index contributed by atoms with van der Waals surface area (Å²) in [5.41, 5.74) is -0.470. The summed E-state index contributed by atoms with van der Waals surface area (Å²) in [6.45, 7) is 1.49. The van der Waals surface area contributed by atoms with E-state index in [0.29, 0.717) is 6.54 Å². The number of hydrogen-bond donors (Lipinski definition) is 1. The van der Waals surface area contributed by atoms with Crippen LogP contribution in [-0.4, -0.2) is 37.0 Å². The molecule has 0 aliphatic carbocycles. The van der Waals surface area contributed by atoms with E-state index in [4.69, 9.17) is 0 Å². The highest BCUT2D eigenvalue weighted by atomic mass is 19.1. The third kappa shape index (κ3) is 2.29. The Balaban J connectivity index is 2.24. The van der Waals surface area contributed by atoms with Gasteiger partial charge in [0.25, 0.3) is 5.91 Å². The van der Waals surface area contributed by atoms with E-state index in [1.54, 1.807) is 7.05 Å². The van der Waals surface area contributed by atoms with Gasteiger partial charge in [-0.1, -0.05) is 6.07 Å². The van der Waals surface area contributed by atoms with Crippen molar-refractivity contribution in [1.29, 1.82) is 0 Å². The lowest BCUT2D eigenvalue weighted by Gasteiger charge is -2.24. The standard InChI is InChI=1S/C12H14F2N2O/c1-16(8-5-6-15-7-8)12(17)11-9(13)3-2-4-10(11)14/h2-4,8,15H,5-7H2,1H3. The smallest absolute Gasteiger partial charge is 0.259 e. The first-order valence-electron chi connectivity index (χ1n) is 5.53. The zero-order valence-corrected chi connectivity index (χ0v) is 9.54. The molecule has 1 saturated heterocycles. The molecule has 0 saturated carbocycles. The van der Waals surface area contributed by atoms with Gasteiger partial charge in [0.1, 0.15) is 17.2 Å². The van der Waals surface area contributed by atoms with Gasteiger partial charge < -0.3 is 10.2 Å². The lowest BCUT2D eigenvalue weighted by atomic mass is 10.1. The van der Waals surface area contributed by atoms with Gasteiger partial charge in [-0.2, -0.15) is 0 Å². The van der Waals surface area contributed by atoms with Crippen molar-refractivity contribution in [3.8, 4) is 0 Å². The highest BCUT2D eigenvalue weighted by Gasteiger charge is 2.27. The van der Waals surface area contributed by atoms with Gasteiger partial charge in [0.2, 0.25) is 0 Å². The van der Waals surface area contributed by atoms with Crippen LogP contribution in [0.25, 0.3) is 0 Å². The minimum Gasteiger partial charge on any atom is -0.337 e. The fourth-order valence-corrected chi connectivity index (χ4v) is 2.01. The van der Waals surface area contributed by atoms with Crippen molar-refractivity contribution in [1.82, 2.24) is 10.2 Å². The van der Waals surface area contributed by atoms with Gasteiger partial charge in [0.15, 0.2) is 0 Å². The highest BCUT2D eigenvalue weighted by molar-refractivity contribution is 5.94. The van der Waals surface area contributed by atoms with Gasteiger partial charge in [-0.05, 0) is 25.1 Å². The van der Waals surface area contributed by atoms with E-state index in [-0.39, 0.29) is 6.04 Å². The third-order valence-electron chi connectivity index (χ3n) is 3.08. The molecule has 1 aliphatic heterocycles. The van der Waals surface area contributed by atoms with E-state index in [2.05, 4.69) is 5.32 Å². The predicted octanol–water partition coefficient (Wildman–Crippen LogP) is 1.40. The van der Waals surface area contributed by atoms with Crippen molar-refractivity contribution in [2.24, 2.45) is 0 Å². The minimum absolute atomic E-state index is 0.00139. The molecular weight excluding hydrogens is 226 g/mol. The number of likely N-dealkylation sites (N-methyl/N-ethyl adjacent to an activating group) is 1. The second-order valence-electron chi connectivity index (χ2n) is 4.16. The van der Waals surface area contributed by atoms with Crippen LogP contribution in [0.15, 0.2) is 18.2 Å². The Hall–Kier alpha value is -1.49. The molecule has 92 valence electrons. The lowest BCUT2D eigenvalue weighted by Crippen LogP contribution is -2.39. The van der Waals surface area contributed by atoms with Crippen molar-refractivity contribution in [3.63, 3.8) is 0 Å². The molecule has 0 bridgehead atoms. The van der Waals surface area contributed by atoms with Crippen LogP contribution in [0.1, 0.15) is 16.8 Å². The second-order valence-corrected chi connectivity index (χ2v) is 4.16. The number of amides is 1. The molecule has 2 rings (SSSR count). The van der Waals surface area contributed by atoms with E-state index >= 15 is 0 Å². The first-order chi connectivity index (χ1) is 8.11. The van der Waals surface area contributed by atoms with Crippen LogP contribution in [0, 0.1) is 11.6 Å². The zero-order chi connectivity index (χ0) is 12.4. The molecule has 0 spiro atoms. The maximum absolute atomic E-state index is 13.4. The molecule has 1 amide bonds. The maximum Gasteiger partial charge on any atom is 0.259 e. The van der Waals surface area contributed by atoms with Crippen LogP contribution in [-0.2, 0) is 0 Å². The summed E-state index contributed by atoms with van der Waals surface area (Å²) in [6, 6.07) is 3.44. The molecule has 1 heterocycles. The van der Waals surface area contributed by atoms with E-state index < -0.39 is 23.1 Å². The zero-order valence-electron chi connectivity index (χ0n) is 9.54. The number of carbonyl (C=O) groups is 1. The fraction of sp³-hybridized carbons (Fsp3) is 0.417. The molecule has 1 aliphatic rings. The monoisotopic (exact) mass is 240 g/mol. The van der Waals surface area contributed by atoms with Gasteiger partial charge in [0, 0.05) is 19.6 Å². The van der Waals surface area contributed by atoms with Gasteiger partial charge in [-0.25, -0.2) is 8.78 Å². The molecule has 1 atom stereocenters. The average molecular weight is 240 g/mol. The van der Waals surface area contributed by atoms with Gasteiger partial charge >= 0.3 is 0 Å². The number of hydrogen-bond acceptors (Lipinski definition) is 2. The van der Waals surface area contributed by atoms with Crippen LogP contribution in [0.5, 0.6) is 0 Å². The first-order valence-corrected chi connectivity index (χ1v) is 5.53. The molecule has 1 unspecified atom stereocenters. The third-order valence-corrected chi connectivity index (χ3v) is 3.08. The molecule has 1 fully saturated rings. The fourth-order valence-electron chi connectivity index (χ4n) is 2.01. The Labute approximate surface area is 98.4 Å². The Bertz CT molecular complexity index is 410. The van der Waals surface area contributed by atoms with Crippen molar-refractivity contribution in [2.45, 2.75) is 12.5 Å². The molecule has 1 aromatic carbocycles. The van der Waals surface area contributed by atoms with Crippen molar-refractivity contribution < 1.29 is 13.6 Å². The maximum atomic E-state index is 13.4. The largest absolute Gasteiger partial charge is 0.337 e. The Morgan fingerprint density at radius 2 is 2.06 bits per heavy atom. The van der Waals surface area contributed by atoms with E-state index in [0.717, 1.165) is 25.1 Å². The second kappa shape index (κ2) is 4.79. The van der Waals surface area contributed by atoms with Crippen molar-refractivity contribution in [3.05, 3.63) is 35.4 Å². The van der Waals surface area contributed by atoms with Gasteiger partial charge in [-0.15, -0.1) is 0 Å². The lowest BCUT2D eigenvalue weighted by molar-refractivity contribution is 0.0734. The summed E-state index contributed by atoms with van der Waals surface area (Å²) < 4.78 is 26.9. The normalized spacial score (nSPS) is 19.4. The Kier molecular flexibility index (Phi) is 3.38. The quantitative estimate of drug-likeness (QED) is 0.847. The molecule has 0 radical (unpaired) electrons. The van der Waals surface area contributed by atoms with E-state index in [9.17, 15) is 13.6 Å². The molecule has 1 N–H and O–H groups in total. The topological polar surface area (TPSA) is 32.3 Å². The summed E-state index contributed by atoms with van der Waals surface area (Å²) >= 11 is 0. The summed E-state index contributed by atoms with van der Waals surface area (Å²) in [7, 11) is 1.58. The van der Waals surface area contributed by atoms with E-state index in [1.807, 2.05) is 0 Å². The summed E-state index contributed by atoms with van der Waals surface area (Å²) in [5, 5.41) is 3.11. The average Bonchev–Trinajstić information content (AvgIpc) is 2.81. The van der Waals surface area contributed by atoms with Crippen LogP contribution in [0.3, 0.4) is 0 Å². The summed E-state index contributed by atoms with van der Waals surface area (Å²) in [4.78, 5) is 13.4. The summed E-state index contributed by atoms with van der Waals surface area (Å²) in [6.07, 6.45) is 0.804. The summed E-state index contributed by atoms with van der Waals surface area (Å²) in [5.74, 6) is -2.23. The molecule has 1 aromatic rings. The number of nitrogens with one attached hydrogen (secondary N) is 1. The molecule has 0 aromatic heterocycles. The first kappa shape index (κ1) is 12.0. The van der Waals surface area contributed by atoms with Crippen molar-refractivity contribution >= 4 is 5.91 Å².